The second kappa shape index (κ2) is 9.64. The fourth-order valence-corrected chi connectivity index (χ4v) is 0.617. The predicted octanol–water partition coefficient (Wildman–Crippen LogP) is 0.939. The van der Waals surface area contributed by atoms with Crippen LogP contribution in [0.3, 0.4) is 0 Å². The molecule has 0 aromatic heterocycles. The lowest BCUT2D eigenvalue weighted by Crippen LogP contribution is -2.18. The monoisotopic (exact) mass is 191 g/mol. The van der Waals surface area contributed by atoms with Crippen molar-refractivity contribution < 1.29 is 14.3 Å². The fourth-order valence-electron chi connectivity index (χ4n) is 0.617. The Kier molecular flexibility index (Phi) is 11.2. The molecule has 0 radical (unpaired) electrons. The summed E-state index contributed by atoms with van der Waals surface area (Å²) in [6.45, 7) is 9.46. The Morgan fingerprint density at radius 3 is 1.69 bits per heavy atom. The van der Waals surface area contributed by atoms with Gasteiger partial charge in [0, 0.05) is 6.54 Å². The van der Waals surface area contributed by atoms with Gasteiger partial charge in [0.25, 0.3) is 0 Å². The normalized spacial score (nSPS) is 17.6. The SMILES string of the molecule is CC.CC1(C)OCCO1.NCC=O. The van der Waals surface area contributed by atoms with Crippen molar-refractivity contribution in [1.29, 1.82) is 0 Å². The van der Waals surface area contributed by atoms with Crippen molar-refractivity contribution in [3.05, 3.63) is 0 Å². The first-order valence-corrected chi connectivity index (χ1v) is 4.54. The Balaban J connectivity index is 0. The molecule has 1 heterocycles. The first-order valence-electron chi connectivity index (χ1n) is 4.54. The number of hydrogen-bond acceptors (Lipinski definition) is 4. The summed E-state index contributed by atoms with van der Waals surface area (Å²) >= 11 is 0. The van der Waals surface area contributed by atoms with Gasteiger partial charge in [-0.25, -0.2) is 0 Å². The number of aldehydes is 1. The van der Waals surface area contributed by atoms with Gasteiger partial charge in [0.15, 0.2) is 5.79 Å². The molecule has 80 valence electrons. The van der Waals surface area contributed by atoms with Gasteiger partial charge in [-0.05, 0) is 13.8 Å². The molecule has 0 aromatic carbocycles. The lowest BCUT2D eigenvalue weighted by molar-refractivity contribution is -0.125. The molecule has 0 bridgehead atoms. The number of hydrogen-bond donors (Lipinski definition) is 1. The van der Waals surface area contributed by atoms with Crippen LogP contribution in [0, 0.1) is 0 Å². The standard InChI is InChI=1S/C5H10O2.C2H5NO.C2H6/c1-5(2)6-3-4-7-5;3-1-2-4;1-2/h3-4H2,1-2H3;2H,1,3H2;1-2H3. The summed E-state index contributed by atoms with van der Waals surface area (Å²) < 4.78 is 10.2. The van der Waals surface area contributed by atoms with E-state index < -0.39 is 0 Å². The van der Waals surface area contributed by atoms with E-state index in [1.807, 2.05) is 27.7 Å². The van der Waals surface area contributed by atoms with Crippen LogP contribution in [0.15, 0.2) is 0 Å². The van der Waals surface area contributed by atoms with Crippen LogP contribution < -0.4 is 5.73 Å². The molecular weight excluding hydrogens is 170 g/mol. The number of rotatable bonds is 1. The quantitative estimate of drug-likeness (QED) is 0.626. The van der Waals surface area contributed by atoms with Crippen molar-refractivity contribution in [1.82, 2.24) is 0 Å². The molecule has 1 rings (SSSR count). The van der Waals surface area contributed by atoms with E-state index in [1.165, 1.54) is 0 Å². The molecule has 4 heteroatoms. The van der Waals surface area contributed by atoms with Gasteiger partial charge in [-0.1, -0.05) is 13.8 Å². The smallest absolute Gasteiger partial charge is 0.162 e. The molecule has 1 fully saturated rings. The van der Waals surface area contributed by atoms with Crippen molar-refractivity contribution in [2.45, 2.75) is 33.5 Å². The minimum Gasteiger partial charge on any atom is -0.348 e. The van der Waals surface area contributed by atoms with E-state index in [1.54, 1.807) is 0 Å². The first kappa shape index (κ1) is 15.0. The van der Waals surface area contributed by atoms with Gasteiger partial charge in [-0.2, -0.15) is 0 Å². The van der Waals surface area contributed by atoms with Gasteiger partial charge in [-0.15, -0.1) is 0 Å². The lowest BCUT2D eigenvalue weighted by atomic mass is 10.4. The van der Waals surface area contributed by atoms with E-state index in [9.17, 15) is 0 Å². The molecule has 0 amide bonds. The van der Waals surface area contributed by atoms with Crippen LogP contribution in [-0.4, -0.2) is 31.8 Å². The zero-order valence-corrected chi connectivity index (χ0v) is 9.00. The molecule has 4 nitrogen and oxygen atoms in total. The van der Waals surface area contributed by atoms with Gasteiger partial charge >= 0.3 is 0 Å². The Morgan fingerprint density at radius 2 is 1.62 bits per heavy atom. The molecule has 13 heavy (non-hydrogen) atoms. The third kappa shape index (κ3) is 11.5. The summed E-state index contributed by atoms with van der Waals surface area (Å²) in [5, 5.41) is 0. The topological polar surface area (TPSA) is 61.6 Å². The van der Waals surface area contributed by atoms with Crippen molar-refractivity contribution >= 4 is 6.29 Å². The van der Waals surface area contributed by atoms with E-state index in [0.29, 0.717) is 6.29 Å². The molecule has 0 spiro atoms. The van der Waals surface area contributed by atoms with E-state index in [-0.39, 0.29) is 12.3 Å². The van der Waals surface area contributed by atoms with Gasteiger partial charge < -0.3 is 20.0 Å². The molecular formula is C9H21NO3. The minimum atomic E-state index is -0.306. The molecule has 1 aliphatic heterocycles. The summed E-state index contributed by atoms with van der Waals surface area (Å²) in [6, 6.07) is 0. The maximum Gasteiger partial charge on any atom is 0.162 e. The molecule has 0 atom stereocenters. The minimum absolute atomic E-state index is 0.139. The number of nitrogens with two attached hydrogens (primary N) is 1. The molecule has 1 aliphatic rings. The van der Waals surface area contributed by atoms with Crippen LogP contribution in [0.2, 0.25) is 0 Å². The Morgan fingerprint density at radius 1 is 1.31 bits per heavy atom. The van der Waals surface area contributed by atoms with Gasteiger partial charge in [0.05, 0.1) is 13.2 Å². The highest BCUT2D eigenvalue weighted by molar-refractivity contribution is 5.51. The summed E-state index contributed by atoms with van der Waals surface area (Å²) in [4.78, 5) is 9.05. The van der Waals surface area contributed by atoms with Crippen molar-refractivity contribution in [2.24, 2.45) is 5.73 Å². The Labute approximate surface area is 80.4 Å². The molecule has 2 N–H and O–H groups in total. The average Bonchev–Trinajstić information content (AvgIpc) is 2.54. The molecule has 0 aromatic rings. The Hall–Kier alpha value is -0.450. The van der Waals surface area contributed by atoms with E-state index in [0.717, 1.165) is 13.2 Å². The molecule has 1 saturated heterocycles. The second-order valence-corrected chi connectivity index (χ2v) is 2.50. The van der Waals surface area contributed by atoms with Crippen molar-refractivity contribution in [3.63, 3.8) is 0 Å². The predicted molar refractivity (Wildman–Crippen MR) is 52.4 cm³/mol. The third-order valence-electron chi connectivity index (χ3n) is 1.08. The van der Waals surface area contributed by atoms with E-state index >= 15 is 0 Å². The van der Waals surface area contributed by atoms with Crippen molar-refractivity contribution in [3.8, 4) is 0 Å². The zero-order chi connectivity index (χ0) is 10.7. The van der Waals surface area contributed by atoms with Gasteiger partial charge in [0.1, 0.15) is 6.29 Å². The van der Waals surface area contributed by atoms with Crippen LogP contribution in [0.1, 0.15) is 27.7 Å². The Bertz CT molecular complexity index is 107. The molecule has 0 unspecified atom stereocenters. The first-order chi connectivity index (χ1) is 6.12. The van der Waals surface area contributed by atoms with Crippen molar-refractivity contribution in [2.75, 3.05) is 19.8 Å². The zero-order valence-electron chi connectivity index (χ0n) is 9.00. The van der Waals surface area contributed by atoms with E-state index in [4.69, 9.17) is 14.3 Å². The van der Waals surface area contributed by atoms with E-state index in [2.05, 4.69) is 5.73 Å². The third-order valence-corrected chi connectivity index (χ3v) is 1.08. The highest BCUT2D eigenvalue weighted by Gasteiger charge is 2.23. The second-order valence-electron chi connectivity index (χ2n) is 2.50. The summed E-state index contributed by atoms with van der Waals surface area (Å²) in [5.74, 6) is -0.306. The lowest BCUT2D eigenvalue weighted by Gasteiger charge is -2.13. The van der Waals surface area contributed by atoms with Crippen LogP contribution in [0.5, 0.6) is 0 Å². The number of ether oxygens (including phenoxy) is 2. The largest absolute Gasteiger partial charge is 0.348 e. The van der Waals surface area contributed by atoms with Crippen LogP contribution in [-0.2, 0) is 14.3 Å². The fraction of sp³-hybridized carbons (Fsp3) is 0.889. The van der Waals surface area contributed by atoms with Gasteiger partial charge in [-0.3, -0.25) is 0 Å². The number of carbonyl (C=O) groups excluding carboxylic acids is 1. The highest BCUT2D eigenvalue weighted by Crippen LogP contribution is 2.15. The number of carbonyl (C=O) groups is 1. The summed E-state index contributed by atoms with van der Waals surface area (Å²) in [6.07, 6.45) is 0.653. The highest BCUT2D eigenvalue weighted by atomic mass is 16.7. The summed E-state index contributed by atoms with van der Waals surface area (Å²) in [7, 11) is 0. The van der Waals surface area contributed by atoms with Crippen LogP contribution >= 0.6 is 0 Å². The average molecular weight is 191 g/mol. The molecule has 0 saturated carbocycles. The van der Waals surface area contributed by atoms with Crippen LogP contribution in [0.4, 0.5) is 0 Å². The molecule has 0 aliphatic carbocycles. The maximum atomic E-state index is 9.05. The van der Waals surface area contributed by atoms with Crippen LogP contribution in [0.25, 0.3) is 0 Å². The maximum absolute atomic E-state index is 9.05. The summed E-state index contributed by atoms with van der Waals surface area (Å²) in [5.41, 5.74) is 4.66. The van der Waals surface area contributed by atoms with Gasteiger partial charge in [0.2, 0.25) is 0 Å².